The number of carbonyl (C=O) groups is 1. The fraction of sp³-hybridized carbons (Fsp3) is 0. The average Bonchev–Trinajstić information content (AvgIpc) is 0.811. The Morgan fingerprint density at radius 2 is 1.12 bits per heavy atom. The largest absolute Gasteiger partial charge is 2.00 e. The molecule has 0 saturated heterocycles. The molecule has 8 heavy (non-hydrogen) atoms. The predicted molar refractivity (Wildman–Crippen MR) is 21.4 cm³/mol. The number of hydrogen-bond acceptors (Lipinski definition) is 3. The van der Waals surface area contributed by atoms with Crippen molar-refractivity contribution >= 4 is 104 Å². The van der Waals surface area contributed by atoms with Gasteiger partial charge in [0.15, 0.2) is 0 Å². The summed E-state index contributed by atoms with van der Waals surface area (Å²) < 4.78 is 0. The first kappa shape index (κ1) is 29.9. The van der Waals surface area contributed by atoms with E-state index in [0.29, 0.717) is 0 Å². The van der Waals surface area contributed by atoms with Gasteiger partial charge in [-0.2, -0.15) is 0 Å². The molecule has 0 unspecified atom stereocenters. The van der Waals surface area contributed by atoms with E-state index in [1.807, 2.05) is 0 Å². The summed E-state index contributed by atoms with van der Waals surface area (Å²) in [6, 6.07) is 0. The molecule has 0 saturated carbocycles. The van der Waals surface area contributed by atoms with E-state index in [0.717, 1.165) is 0 Å². The third kappa shape index (κ3) is 54.7. The van der Waals surface area contributed by atoms with Gasteiger partial charge in [-0.05, 0) is 6.16 Å². The van der Waals surface area contributed by atoms with Crippen molar-refractivity contribution in [2.75, 3.05) is 0 Å². The van der Waals surface area contributed by atoms with Crippen LogP contribution >= 0.6 is 0 Å². The summed E-state index contributed by atoms with van der Waals surface area (Å²) in [5.41, 5.74) is 0. The zero-order valence-electron chi connectivity index (χ0n) is 9.14. The predicted octanol–water partition coefficient (Wildman–Crippen LogP) is -8.75. The minimum Gasteiger partial charge on any atom is -1.00 e. The summed E-state index contributed by atoms with van der Waals surface area (Å²) in [6.45, 7) is 0. The van der Waals surface area contributed by atoms with E-state index in [1.54, 1.807) is 0 Å². The van der Waals surface area contributed by atoms with Gasteiger partial charge in [-0.25, -0.2) is 0 Å². The summed E-state index contributed by atoms with van der Waals surface area (Å²) >= 11 is 0. The first-order chi connectivity index (χ1) is 1.73. The smallest absolute Gasteiger partial charge is 1.00 e. The summed E-state index contributed by atoms with van der Waals surface area (Å²) in [4.78, 5) is 8.33. The standard InChI is InChI=1S/CH2O3.2Ba.2Li.4H/c2-1(3)4;;;;;;;;/h(H2,2,3,4);;;;;;;;/q;2*+2;2*+1;4*-1/p-2. The fourth-order valence-corrected chi connectivity index (χ4v) is 0. The molecule has 0 fully saturated rings. The average molecular weight is 353 g/mol. The van der Waals surface area contributed by atoms with E-state index in [2.05, 4.69) is 0 Å². The monoisotopic (exact) mass is 354 g/mol. The Bertz CT molecular complexity index is 49.3. The molecule has 0 rings (SSSR count). The second-order valence-electron chi connectivity index (χ2n) is 0.250. The van der Waals surface area contributed by atoms with E-state index < -0.39 is 6.16 Å². The molecule has 0 aliphatic rings. The topological polar surface area (TPSA) is 63.2 Å². The number of hydrogen-bond donors (Lipinski definition) is 0. The van der Waals surface area contributed by atoms with Crippen LogP contribution < -0.4 is 47.9 Å². The first-order valence-electron chi connectivity index (χ1n) is 0.612. The van der Waals surface area contributed by atoms with Gasteiger partial charge in [0.1, 0.15) is 0 Å². The van der Waals surface area contributed by atoms with Crippen LogP contribution in [0.2, 0.25) is 0 Å². The van der Waals surface area contributed by atoms with Crippen molar-refractivity contribution in [1.29, 1.82) is 0 Å². The summed E-state index contributed by atoms with van der Waals surface area (Å²) in [6.07, 6.45) is -2.33. The summed E-state index contributed by atoms with van der Waals surface area (Å²) in [5.74, 6) is 0. The van der Waals surface area contributed by atoms with Crippen molar-refractivity contribution in [2.24, 2.45) is 0 Å². The summed E-state index contributed by atoms with van der Waals surface area (Å²) in [7, 11) is 0. The van der Waals surface area contributed by atoms with Crippen LogP contribution in [0.5, 0.6) is 0 Å². The maximum Gasteiger partial charge on any atom is 2.00 e. The van der Waals surface area contributed by atoms with Crippen LogP contribution in [0.3, 0.4) is 0 Å². The molecule has 0 N–H and O–H groups in total. The van der Waals surface area contributed by atoms with E-state index in [9.17, 15) is 0 Å². The van der Waals surface area contributed by atoms with Gasteiger partial charge in [-0.3, -0.25) is 0 Å². The van der Waals surface area contributed by atoms with Crippen LogP contribution in [-0.4, -0.2) is 104 Å². The van der Waals surface area contributed by atoms with Crippen LogP contribution in [-0.2, 0) is 0 Å². The molecule has 0 amide bonds. The second kappa shape index (κ2) is 22.4. The normalized spacial score (nSPS) is 3.00. The van der Waals surface area contributed by atoms with E-state index in [-0.39, 0.29) is 141 Å². The fourth-order valence-electron chi connectivity index (χ4n) is 0. The molecule has 0 spiro atoms. The van der Waals surface area contributed by atoms with Crippen molar-refractivity contribution in [3.8, 4) is 0 Å². The second-order valence-corrected chi connectivity index (χ2v) is 0.250. The van der Waals surface area contributed by atoms with Crippen LogP contribution in [0.25, 0.3) is 0 Å². The van der Waals surface area contributed by atoms with Gasteiger partial charge in [-0.1, -0.05) is 0 Å². The van der Waals surface area contributed by atoms with Crippen molar-refractivity contribution < 1.29 is 58.4 Å². The van der Waals surface area contributed by atoms with E-state index in [1.165, 1.54) is 0 Å². The third-order valence-electron chi connectivity index (χ3n) is 0. The number of rotatable bonds is 0. The SMILES string of the molecule is O=C([O-])[O-].[Ba+2].[Ba+2].[H-].[H-].[H-].[H-].[Li+].[Li+]. The van der Waals surface area contributed by atoms with Gasteiger partial charge in [0.25, 0.3) is 0 Å². The van der Waals surface area contributed by atoms with Gasteiger partial charge in [0.2, 0.25) is 0 Å². The van der Waals surface area contributed by atoms with Gasteiger partial charge in [0, 0.05) is 0 Å². The Hall–Kier alpha value is 3.61. The maximum absolute atomic E-state index is 8.33. The van der Waals surface area contributed by atoms with Crippen LogP contribution in [0.4, 0.5) is 4.79 Å². The maximum atomic E-state index is 8.33. The molecule has 0 heterocycles. The zero-order chi connectivity index (χ0) is 3.58. The quantitative estimate of drug-likeness (QED) is 0.407. The summed E-state index contributed by atoms with van der Waals surface area (Å²) in [5, 5.41) is 16.7. The molecule has 3 nitrogen and oxygen atoms in total. The molecule has 0 bridgehead atoms. The third-order valence-corrected chi connectivity index (χ3v) is 0. The Balaban J connectivity index is -0.00000000161. The molecular weight excluding hydrogens is 349 g/mol. The first-order valence-corrected chi connectivity index (χ1v) is 0.612. The van der Waals surface area contributed by atoms with Crippen molar-refractivity contribution in [3.63, 3.8) is 0 Å². The van der Waals surface area contributed by atoms with Crippen molar-refractivity contribution in [2.45, 2.75) is 0 Å². The van der Waals surface area contributed by atoms with Crippen molar-refractivity contribution in [1.82, 2.24) is 0 Å². The minimum atomic E-state index is -2.33. The van der Waals surface area contributed by atoms with Gasteiger partial charge >= 0.3 is 135 Å². The Morgan fingerprint density at radius 3 is 1.12 bits per heavy atom. The molecule has 7 heteroatoms. The number of carbonyl (C=O) groups excluding carboxylic acids is 1. The number of carboxylic acid groups (broad SMARTS) is 2. The Kier molecular flexibility index (Phi) is 83.9. The van der Waals surface area contributed by atoms with Crippen LogP contribution in [0, 0.1) is 0 Å². The minimum absolute atomic E-state index is 0. The Labute approximate surface area is 158 Å². The van der Waals surface area contributed by atoms with Crippen LogP contribution in [0.1, 0.15) is 5.71 Å². The van der Waals surface area contributed by atoms with Gasteiger partial charge < -0.3 is 20.7 Å². The molecule has 0 radical (unpaired) electrons. The molecule has 0 atom stereocenters. The Morgan fingerprint density at radius 1 is 1.12 bits per heavy atom. The molecule has 32 valence electrons. The molecule has 0 aliphatic carbocycles. The molecule has 0 aliphatic heterocycles. The molecule has 0 aromatic heterocycles. The molecule has 0 aromatic carbocycles. The molecule has 0 aromatic rings. The van der Waals surface area contributed by atoms with Crippen molar-refractivity contribution in [3.05, 3.63) is 0 Å². The van der Waals surface area contributed by atoms with Gasteiger partial charge in [-0.15, -0.1) is 0 Å². The van der Waals surface area contributed by atoms with E-state index in [4.69, 9.17) is 15.0 Å². The van der Waals surface area contributed by atoms with E-state index >= 15 is 0 Å². The van der Waals surface area contributed by atoms with Crippen LogP contribution in [0.15, 0.2) is 0 Å². The zero-order valence-corrected chi connectivity index (χ0v) is 14.0. The molecular formula is CH4Ba2Li2O3. The van der Waals surface area contributed by atoms with Gasteiger partial charge in [0.05, 0.1) is 0 Å².